The standard InChI is InChI=1S/C30H38BrClN2O6/c1-5-8-9-15-39-29(38)23-24-27(36)34(22(17-35)18(4)7-3)26(30(24)16-21(31)25(23)40-30)28(37)33(14-6-2)20-12-10-19(32)11-13-20/h5-6,10-13,18,21-26,35H,1-2,7-9,14-17H2,3-4H3/t18-,21?,22-,23-,24-,25-,26?,30?/m0/s1. The SMILES string of the molecule is C=CCCCOC(=O)[C@H]1[C@H]2C(=O)N([C@@H](CO)[C@@H](C)CC)C(C(=O)N(CC=C)c3ccc(Cl)cc3)C23CC(Br)[C@@H]1O3. The summed E-state index contributed by atoms with van der Waals surface area (Å²) in [7, 11) is 0. The molecule has 0 aliphatic carbocycles. The number of nitrogens with zero attached hydrogens (tertiary/aromatic N) is 2. The highest BCUT2D eigenvalue weighted by atomic mass is 79.9. The van der Waals surface area contributed by atoms with Gasteiger partial charge >= 0.3 is 5.97 Å². The zero-order chi connectivity index (χ0) is 29.2. The zero-order valence-electron chi connectivity index (χ0n) is 23.0. The predicted octanol–water partition coefficient (Wildman–Crippen LogP) is 4.52. The van der Waals surface area contributed by atoms with Crippen molar-refractivity contribution in [3.8, 4) is 0 Å². The molecule has 3 unspecified atom stereocenters. The molecule has 3 heterocycles. The molecule has 0 radical (unpaired) electrons. The first kappa shape index (κ1) is 30.8. The van der Waals surface area contributed by atoms with Gasteiger partial charge in [-0.3, -0.25) is 14.4 Å². The Hall–Kier alpha value is -2.20. The van der Waals surface area contributed by atoms with Gasteiger partial charge in [0.15, 0.2) is 0 Å². The van der Waals surface area contributed by atoms with Gasteiger partial charge < -0.3 is 24.4 Å². The van der Waals surface area contributed by atoms with E-state index in [1.54, 1.807) is 41.3 Å². The van der Waals surface area contributed by atoms with Crippen LogP contribution in [0.15, 0.2) is 49.6 Å². The number of aliphatic hydroxyl groups is 1. The number of benzene rings is 1. The van der Waals surface area contributed by atoms with Crippen LogP contribution < -0.4 is 4.90 Å². The lowest BCUT2D eigenvalue weighted by Gasteiger charge is -2.41. The average Bonchev–Trinajstić information content (AvgIpc) is 3.54. The van der Waals surface area contributed by atoms with Gasteiger partial charge in [0.2, 0.25) is 5.91 Å². The van der Waals surface area contributed by atoms with E-state index in [4.69, 9.17) is 21.1 Å². The van der Waals surface area contributed by atoms with Crippen LogP contribution in [0.2, 0.25) is 5.02 Å². The highest BCUT2D eigenvalue weighted by Gasteiger charge is 2.77. The molecule has 0 aromatic heterocycles. The summed E-state index contributed by atoms with van der Waals surface area (Å²) < 4.78 is 12.2. The number of rotatable bonds is 13. The molecule has 3 aliphatic heterocycles. The fourth-order valence-corrected chi connectivity index (χ4v) is 7.57. The molecule has 1 N–H and O–H groups in total. The van der Waals surface area contributed by atoms with Crippen LogP contribution in [0.1, 0.15) is 39.5 Å². The van der Waals surface area contributed by atoms with Gasteiger partial charge in [-0.2, -0.15) is 0 Å². The van der Waals surface area contributed by atoms with Crippen LogP contribution in [0.25, 0.3) is 0 Å². The van der Waals surface area contributed by atoms with Crippen molar-refractivity contribution >= 4 is 51.0 Å². The number of hydrogen-bond acceptors (Lipinski definition) is 6. The van der Waals surface area contributed by atoms with Gasteiger partial charge in [0, 0.05) is 22.1 Å². The highest BCUT2D eigenvalue weighted by molar-refractivity contribution is 9.09. The predicted molar refractivity (Wildman–Crippen MR) is 157 cm³/mol. The third-order valence-corrected chi connectivity index (χ3v) is 9.69. The fourth-order valence-electron chi connectivity index (χ4n) is 6.50. The Balaban J connectivity index is 1.79. The summed E-state index contributed by atoms with van der Waals surface area (Å²) in [6.45, 7) is 11.5. The van der Waals surface area contributed by atoms with Crippen LogP contribution >= 0.6 is 27.5 Å². The molecule has 3 fully saturated rings. The maximum Gasteiger partial charge on any atom is 0.312 e. The molecule has 1 aromatic carbocycles. The number of amides is 2. The Morgan fingerprint density at radius 2 is 2.02 bits per heavy atom. The topological polar surface area (TPSA) is 96.4 Å². The number of anilines is 1. The van der Waals surface area contributed by atoms with Crippen molar-refractivity contribution in [2.24, 2.45) is 17.8 Å². The van der Waals surface area contributed by atoms with E-state index in [1.807, 2.05) is 13.8 Å². The largest absolute Gasteiger partial charge is 0.465 e. The molecule has 8 nitrogen and oxygen atoms in total. The van der Waals surface area contributed by atoms with Crippen molar-refractivity contribution in [2.45, 2.75) is 68.1 Å². The molecule has 1 aromatic rings. The van der Waals surface area contributed by atoms with Crippen molar-refractivity contribution < 1.29 is 29.0 Å². The summed E-state index contributed by atoms with van der Waals surface area (Å²) in [6.07, 6.45) is 5.13. The average molecular weight is 638 g/mol. The van der Waals surface area contributed by atoms with Gasteiger partial charge in [0.25, 0.3) is 5.91 Å². The minimum Gasteiger partial charge on any atom is -0.465 e. The molecule has 3 saturated heterocycles. The normalized spacial score (nSPS) is 30.1. The molecular weight excluding hydrogens is 600 g/mol. The van der Waals surface area contributed by atoms with Crippen LogP contribution in [-0.2, 0) is 23.9 Å². The molecule has 40 heavy (non-hydrogen) atoms. The number of ether oxygens (including phenoxy) is 2. The van der Waals surface area contributed by atoms with Crippen LogP contribution in [0.3, 0.4) is 0 Å². The number of carbonyl (C=O) groups is 3. The molecule has 0 saturated carbocycles. The molecule has 4 rings (SSSR count). The maximum absolute atomic E-state index is 14.6. The first-order valence-electron chi connectivity index (χ1n) is 13.9. The van der Waals surface area contributed by atoms with Gasteiger partial charge in [-0.15, -0.1) is 13.2 Å². The molecule has 1 spiro atoms. The van der Waals surface area contributed by atoms with Gasteiger partial charge in [-0.1, -0.05) is 60.0 Å². The lowest BCUT2D eigenvalue weighted by Crippen LogP contribution is -2.60. The quantitative estimate of drug-likeness (QED) is 0.148. The molecule has 2 amide bonds. The maximum atomic E-state index is 14.6. The Morgan fingerprint density at radius 3 is 2.62 bits per heavy atom. The van der Waals surface area contributed by atoms with Crippen LogP contribution in [0, 0.1) is 17.8 Å². The summed E-state index contributed by atoms with van der Waals surface area (Å²) in [5.41, 5.74) is -0.670. The van der Waals surface area contributed by atoms with Crippen molar-refractivity contribution in [1.29, 1.82) is 0 Å². The third-order valence-electron chi connectivity index (χ3n) is 8.59. The van der Waals surface area contributed by atoms with E-state index in [0.717, 1.165) is 0 Å². The minimum absolute atomic E-state index is 0.107. The Bertz CT molecular complexity index is 1130. The number of allylic oxidation sites excluding steroid dienone is 1. The van der Waals surface area contributed by atoms with Crippen LogP contribution in [0.5, 0.6) is 0 Å². The van der Waals surface area contributed by atoms with Gasteiger partial charge in [-0.05, 0) is 49.4 Å². The third kappa shape index (κ3) is 5.26. The van der Waals surface area contributed by atoms with E-state index in [-0.39, 0.29) is 42.3 Å². The summed E-state index contributed by atoms with van der Waals surface area (Å²) in [6, 6.07) is 5.17. The number of unbranched alkanes of at least 4 members (excludes halogenated alkanes) is 1. The number of hydrogen-bond donors (Lipinski definition) is 1. The van der Waals surface area contributed by atoms with Crippen LogP contribution in [0.4, 0.5) is 5.69 Å². The van der Waals surface area contributed by atoms with Gasteiger partial charge in [0.05, 0.1) is 37.2 Å². The van der Waals surface area contributed by atoms with E-state index >= 15 is 0 Å². The van der Waals surface area contributed by atoms with E-state index in [2.05, 4.69) is 29.1 Å². The first-order valence-corrected chi connectivity index (χ1v) is 15.2. The fraction of sp³-hybridized carbons (Fsp3) is 0.567. The second-order valence-corrected chi connectivity index (χ2v) is 12.5. The van der Waals surface area contributed by atoms with E-state index in [9.17, 15) is 19.5 Å². The molecule has 10 heteroatoms. The summed E-state index contributed by atoms with van der Waals surface area (Å²) in [5.74, 6) is -3.10. The summed E-state index contributed by atoms with van der Waals surface area (Å²) >= 11 is 9.80. The number of likely N-dealkylation sites (tertiary alicyclic amines) is 1. The number of aliphatic hydroxyl groups excluding tert-OH is 1. The van der Waals surface area contributed by atoms with Crippen LogP contribution in [-0.4, -0.2) is 76.2 Å². The lowest BCUT2D eigenvalue weighted by atomic mass is 9.70. The number of halogens is 2. The van der Waals surface area contributed by atoms with E-state index in [0.29, 0.717) is 36.4 Å². The second kappa shape index (κ2) is 12.8. The molecular formula is C30H38BrClN2O6. The first-order chi connectivity index (χ1) is 19.2. The monoisotopic (exact) mass is 636 g/mol. The van der Waals surface area contributed by atoms with E-state index in [1.165, 1.54) is 4.90 Å². The molecule has 3 aliphatic rings. The van der Waals surface area contributed by atoms with Gasteiger partial charge in [0.1, 0.15) is 11.6 Å². The Kier molecular flexibility index (Phi) is 9.81. The van der Waals surface area contributed by atoms with Crippen molar-refractivity contribution in [3.63, 3.8) is 0 Å². The Morgan fingerprint density at radius 1 is 1.32 bits per heavy atom. The molecule has 218 valence electrons. The second-order valence-electron chi connectivity index (χ2n) is 10.9. The molecule has 2 bridgehead atoms. The zero-order valence-corrected chi connectivity index (χ0v) is 25.4. The lowest BCUT2D eigenvalue weighted by molar-refractivity contribution is -0.156. The van der Waals surface area contributed by atoms with Crippen molar-refractivity contribution in [3.05, 3.63) is 54.6 Å². The molecule has 8 atom stereocenters. The highest BCUT2D eigenvalue weighted by Crippen LogP contribution is 2.61. The Labute approximate surface area is 249 Å². The number of carbonyl (C=O) groups excluding carboxylic acids is 3. The summed E-state index contributed by atoms with van der Waals surface area (Å²) in [5, 5.41) is 11.0. The smallest absolute Gasteiger partial charge is 0.312 e. The number of alkyl halides is 1. The van der Waals surface area contributed by atoms with E-state index < -0.39 is 41.6 Å². The minimum atomic E-state index is -1.26. The summed E-state index contributed by atoms with van der Waals surface area (Å²) in [4.78, 5) is 45.2. The van der Waals surface area contributed by atoms with Crippen molar-refractivity contribution in [2.75, 3.05) is 24.7 Å². The number of esters is 1. The number of fused-ring (bicyclic) bond motifs is 1. The van der Waals surface area contributed by atoms with Gasteiger partial charge in [-0.25, -0.2) is 0 Å². The van der Waals surface area contributed by atoms with Crippen molar-refractivity contribution in [1.82, 2.24) is 4.90 Å².